The molecule has 0 spiro atoms. The number of Topliss-reactive ketones (excluding diaryl/α,β-unsaturated/α-hetero) is 1. The second-order valence-electron chi connectivity index (χ2n) is 8.50. The molecule has 148 valence electrons. The van der Waals surface area contributed by atoms with Gasteiger partial charge in [0, 0.05) is 18.0 Å². The van der Waals surface area contributed by atoms with E-state index in [0.29, 0.717) is 18.6 Å². The molecule has 1 aromatic carbocycles. The number of piperidine rings is 2. The number of carbonyl (C=O) groups is 2. The third-order valence-electron chi connectivity index (χ3n) is 5.38. The predicted octanol–water partition coefficient (Wildman–Crippen LogP) is 4.59. The SMILES string of the molecule is COc1ccc(F)cc1C(=O)C1CC2CCCC(C1)N2C(=O)OC(C)(C)C. The van der Waals surface area contributed by atoms with E-state index in [2.05, 4.69) is 0 Å². The molecular formula is C21H28FNO4. The van der Waals surface area contributed by atoms with Crippen molar-refractivity contribution in [2.45, 2.75) is 70.6 Å². The minimum Gasteiger partial charge on any atom is -0.496 e. The maximum atomic E-state index is 13.7. The van der Waals surface area contributed by atoms with Gasteiger partial charge in [-0.05, 0) is 71.1 Å². The van der Waals surface area contributed by atoms with E-state index in [-0.39, 0.29) is 35.4 Å². The molecule has 0 radical (unpaired) electrons. The third kappa shape index (κ3) is 4.25. The van der Waals surface area contributed by atoms with Crippen molar-refractivity contribution in [1.29, 1.82) is 0 Å². The first kappa shape index (κ1) is 19.6. The van der Waals surface area contributed by atoms with Crippen molar-refractivity contribution < 1.29 is 23.5 Å². The number of rotatable bonds is 3. The van der Waals surface area contributed by atoms with Gasteiger partial charge in [0.05, 0.1) is 12.7 Å². The number of amides is 1. The largest absolute Gasteiger partial charge is 0.496 e. The maximum absolute atomic E-state index is 13.7. The minimum atomic E-state index is -0.549. The number of carbonyl (C=O) groups excluding carboxylic acids is 2. The van der Waals surface area contributed by atoms with Crippen LogP contribution < -0.4 is 4.74 Å². The van der Waals surface area contributed by atoms with Crippen LogP contribution in [0, 0.1) is 11.7 Å². The summed E-state index contributed by atoms with van der Waals surface area (Å²) in [6.45, 7) is 5.56. The average molecular weight is 377 g/mol. The van der Waals surface area contributed by atoms with E-state index in [1.807, 2.05) is 25.7 Å². The first-order valence-electron chi connectivity index (χ1n) is 9.58. The molecule has 2 fully saturated rings. The Labute approximate surface area is 159 Å². The second kappa shape index (κ2) is 7.49. The van der Waals surface area contributed by atoms with E-state index in [0.717, 1.165) is 19.3 Å². The number of hydrogen-bond donors (Lipinski definition) is 0. The Hall–Kier alpha value is -2.11. The molecule has 3 rings (SSSR count). The summed E-state index contributed by atoms with van der Waals surface area (Å²) in [4.78, 5) is 27.6. The van der Waals surface area contributed by atoms with E-state index < -0.39 is 11.4 Å². The van der Waals surface area contributed by atoms with Gasteiger partial charge in [-0.25, -0.2) is 9.18 Å². The standard InChI is InChI=1S/C21H28FNO4/c1-21(2,3)27-20(25)23-15-6-5-7-16(23)11-13(10-15)19(24)17-12-14(22)8-9-18(17)26-4/h8-9,12-13,15-16H,5-7,10-11H2,1-4H3. The van der Waals surface area contributed by atoms with E-state index in [1.54, 1.807) is 0 Å². The van der Waals surface area contributed by atoms with Crippen LogP contribution in [0.2, 0.25) is 0 Å². The number of benzene rings is 1. The molecule has 2 atom stereocenters. The summed E-state index contributed by atoms with van der Waals surface area (Å²) >= 11 is 0. The molecule has 6 heteroatoms. The van der Waals surface area contributed by atoms with Gasteiger partial charge in [-0.15, -0.1) is 0 Å². The molecule has 0 aromatic heterocycles. The molecule has 2 saturated heterocycles. The van der Waals surface area contributed by atoms with Crippen molar-refractivity contribution in [3.63, 3.8) is 0 Å². The number of ether oxygens (including phenoxy) is 2. The topological polar surface area (TPSA) is 55.8 Å². The lowest BCUT2D eigenvalue weighted by Crippen LogP contribution is -2.56. The van der Waals surface area contributed by atoms with Crippen molar-refractivity contribution in [2.75, 3.05) is 7.11 Å². The lowest BCUT2D eigenvalue weighted by Gasteiger charge is -2.48. The Morgan fingerprint density at radius 2 is 1.78 bits per heavy atom. The Morgan fingerprint density at radius 3 is 2.33 bits per heavy atom. The van der Waals surface area contributed by atoms with E-state index in [1.165, 1.54) is 25.3 Å². The van der Waals surface area contributed by atoms with Crippen LogP contribution in [0.1, 0.15) is 63.2 Å². The van der Waals surface area contributed by atoms with Gasteiger partial charge in [0.25, 0.3) is 0 Å². The summed E-state index contributed by atoms with van der Waals surface area (Å²) in [6, 6.07) is 3.99. The van der Waals surface area contributed by atoms with Crippen LogP contribution in [0.25, 0.3) is 0 Å². The number of ketones is 1. The van der Waals surface area contributed by atoms with Crippen molar-refractivity contribution in [1.82, 2.24) is 4.90 Å². The van der Waals surface area contributed by atoms with Gasteiger partial charge in [-0.3, -0.25) is 4.79 Å². The Kier molecular flexibility index (Phi) is 5.45. The average Bonchev–Trinajstić information content (AvgIpc) is 2.58. The number of halogens is 1. The van der Waals surface area contributed by atoms with Gasteiger partial charge in [0.15, 0.2) is 5.78 Å². The lowest BCUT2D eigenvalue weighted by atomic mass is 9.75. The van der Waals surface area contributed by atoms with Gasteiger partial charge in [-0.2, -0.15) is 0 Å². The van der Waals surface area contributed by atoms with E-state index in [9.17, 15) is 14.0 Å². The van der Waals surface area contributed by atoms with Gasteiger partial charge >= 0.3 is 6.09 Å². The van der Waals surface area contributed by atoms with Gasteiger partial charge in [0.2, 0.25) is 0 Å². The minimum absolute atomic E-state index is 0.0131. The fourth-order valence-corrected chi connectivity index (χ4v) is 4.30. The summed E-state index contributed by atoms with van der Waals surface area (Å²) in [5, 5.41) is 0. The zero-order valence-electron chi connectivity index (χ0n) is 16.5. The molecule has 27 heavy (non-hydrogen) atoms. The molecule has 0 N–H and O–H groups in total. The molecule has 1 amide bonds. The normalized spacial score (nSPS) is 25.1. The molecule has 2 aliphatic rings. The molecule has 2 aliphatic heterocycles. The fraction of sp³-hybridized carbons (Fsp3) is 0.619. The highest BCUT2D eigenvalue weighted by atomic mass is 19.1. The summed E-state index contributed by atoms with van der Waals surface area (Å²) < 4.78 is 24.5. The van der Waals surface area contributed by atoms with Crippen LogP contribution in [0.5, 0.6) is 5.75 Å². The van der Waals surface area contributed by atoms with Crippen molar-refractivity contribution in [3.8, 4) is 5.75 Å². The molecule has 5 nitrogen and oxygen atoms in total. The molecule has 2 unspecified atom stereocenters. The molecule has 0 aliphatic carbocycles. The number of methoxy groups -OCH3 is 1. The molecule has 0 saturated carbocycles. The van der Waals surface area contributed by atoms with Crippen molar-refractivity contribution in [2.24, 2.45) is 5.92 Å². The first-order valence-corrected chi connectivity index (χ1v) is 9.58. The Bertz CT molecular complexity index is 713. The Morgan fingerprint density at radius 1 is 1.15 bits per heavy atom. The summed E-state index contributed by atoms with van der Waals surface area (Å²) in [6.07, 6.45) is 3.62. The van der Waals surface area contributed by atoms with Crippen molar-refractivity contribution in [3.05, 3.63) is 29.6 Å². The highest BCUT2D eigenvalue weighted by Gasteiger charge is 2.44. The van der Waals surface area contributed by atoms with Crippen LogP contribution in [-0.4, -0.2) is 41.6 Å². The van der Waals surface area contributed by atoms with Crippen LogP contribution in [-0.2, 0) is 4.74 Å². The highest BCUT2D eigenvalue weighted by Crippen LogP contribution is 2.40. The molecule has 2 heterocycles. The lowest BCUT2D eigenvalue weighted by molar-refractivity contribution is -0.0261. The smallest absolute Gasteiger partial charge is 0.410 e. The Balaban J connectivity index is 1.79. The van der Waals surface area contributed by atoms with Gasteiger partial charge in [0.1, 0.15) is 17.2 Å². The zero-order chi connectivity index (χ0) is 19.8. The predicted molar refractivity (Wildman–Crippen MR) is 99.5 cm³/mol. The van der Waals surface area contributed by atoms with E-state index in [4.69, 9.17) is 9.47 Å². The van der Waals surface area contributed by atoms with Crippen LogP contribution >= 0.6 is 0 Å². The molecule has 2 bridgehead atoms. The maximum Gasteiger partial charge on any atom is 0.410 e. The molecule has 1 aromatic rings. The first-order chi connectivity index (χ1) is 12.7. The van der Waals surface area contributed by atoms with Crippen LogP contribution in [0.4, 0.5) is 9.18 Å². The van der Waals surface area contributed by atoms with Crippen molar-refractivity contribution >= 4 is 11.9 Å². The van der Waals surface area contributed by atoms with E-state index >= 15 is 0 Å². The van der Waals surface area contributed by atoms with Crippen LogP contribution in [0.3, 0.4) is 0 Å². The number of fused-ring (bicyclic) bond motifs is 2. The summed E-state index contributed by atoms with van der Waals surface area (Å²) in [5.41, 5.74) is -0.265. The number of nitrogens with zero attached hydrogens (tertiary/aromatic N) is 1. The second-order valence-corrected chi connectivity index (χ2v) is 8.50. The molecular weight excluding hydrogens is 349 g/mol. The van der Waals surface area contributed by atoms with Gasteiger partial charge in [-0.1, -0.05) is 0 Å². The quantitative estimate of drug-likeness (QED) is 0.723. The highest BCUT2D eigenvalue weighted by molar-refractivity contribution is 6.00. The number of hydrogen-bond acceptors (Lipinski definition) is 4. The monoisotopic (exact) mass is 377 g/mol. The third-order valence-corrected chi connectivity index (χ3v) is 5.38. The zero-order valence-corrected chi connectivity index (χ0v) is 16.5. The summed E-state index contributed by atoms with van der Waals surface area (Å²) in [7, 11) is 1.48. The van der Waals surface area contributed by atoms with Crippen LogP contribution in [0.15, 0.2) is 18.2 Å². The van der Waals surface area contributed by atoms with Gasteiger partial charge < -0.3 is 14.4 Å². The fourth-order valence-electron chi connectivity index (χ4n) is 4.30. The summed E-state index contributed by atoms with van der Waals surface area (Å²) in [5.74, 6) is -0.409.